The van der Waals surface area contributed by atoms with Crippen LogP contribution in [-0.4, -0.2) is 43.3 Å². The lowest BCUT2D eigenvalue weighted by Crippen LogP contribution is -2.42. The van der Waals surface area contributed by atoms with Gasteiger partial charge in [0.2, 0.25) is 0 Å². The van der Waals surface area contributed by atoms with Gasteiger partial charge in [0.1, 0.15) is 6.54 Å². The number of piperidine rings is 1. The second kappa shape index (κ2) is 6.90. The first-order valence-corrected chi connectivity index (χ1v) is 10.5. The van der Waals surface area contributed by atoms with E-state index < -0.39 is 10.1 Å². The zero-order valence-corrected chi connectivity index (χ0v) is 15.4. The smallest absolute Gasteiger partial charge is 0.104 e. The Morgan fingerprint density at radius 2 is 1.44 bits per heavy atom. The molecule has 2 fully saturated rings. The third kappa shape index (κ3) is 4.48. The molecule has 25 heavy (non-hydrogen) atoms. The fraction of sp³-hybridized carbons (Fsp3) is 0.400. The first kappa shape index (κ1) is 18.1. The van der Waals surface area contributed by atoms with Gasteiger partial charge in [0.05, 0.1) is 35.2 Å². The monoisotopic (exact) mass is 359 g/mol. The second-order valence-electron chi connectivity index (χ2n) is 7.44. The predicted octanol–water partition coefficient (Wildman–Crippen LogP) is 2.91. The molecule has 0 aromatic heterocycles. The van der Waals surface area contributed by atoms with Crippen LogP contribution in [0.3, 0.4) is 0 Å². The summed E-state index contributed by atoms with van der Waals surface area (Å²) in [5.41, 5.74) is 3.54. The van der Waals surface area contributed by atoms with Crippen LogP contribution in [0.2, 0.25) is 0 Å². The highest BCUT2D eigenvalue weighted by molar-refractivity contribution is 7.84. The van der Waals surface area contributed by atoms with Crippen molar-refractivity contribution >= 4 is 10.1 Å². The van der Waals surface area contributed by atoms with E-state index in [2.05, 4.69) is 60.7 Å². The van der Waals surface area contributed by atoms with Crippen molar-refractivity contribution < 1.29 is 17.5 Å². The van der Waals surface area contributed by atoms with E-state index in [4.69, 9.17) is 13.0 Å². The van der Waals surface area contributed by atoms with Crippen LogP contribution in [0.15, 0.2) is 60.7 Å². The van der Waals surface area contributed by atoms with E-state index in [-0.39, 0.29) is 0 Å². The van der Waals surface area contributed by atoms with E-state index in [0.717, 1.165) is 0 Å². The SMILES string of the molecule is CS(=O)(=O)[O-].c1ccc(C[N+]23CCC(c4ccccc4)(CC2)C3)cc1. The molecule has 0 aliphatic carbocycles. The highest BCUT2D eigenvalue weighted by atomic mass is 32.2. The Kier molecular flexibility index (Phi) is 5.00. The molecule has 0 amide bonds. The van der Waals surface area contributed by atoms with E-state index in [1.165, 1.54) is 49.1 Å². The fourth-order valence-electron chi connectivity index (χ4n) is 4.45. The van der Waals surface area contributed by atoms with E-state index >= 15 is 0 Å². The molecule has 0 saturated carbocycles. The molecule has 2 saturated heterocycles. The summed E-state index contributed by atoms with van der Waals surface area (Å²) in [5.74, 6) is 0. The maximum Gasteiger partial charge on any atom is 0.104 e. The number of hydrogen-bond acceptors (Lipinski definition) is 3. The van der Waals surface area contributed by atoms with Crippen molar-refractivity contribution in [3.63, 3.8) is 0 Å². The van der Waals surface area contributed by atoms with E-state index in [1.54, 1.807) is 5.56 Å². The molecule has 0 spiro atoms. The zero-order valence-electron chi connectivity index (χ0n) is 14.6. The maximum atomic E-state index is 9.08. The van der Waals surface area contributed by atoms with Gasteiger partial charge in [-0.15, -0.1) is 0 Å². The zero-order chi connectivity index (χ0) is 18.0. The third-order valence-corrected chi connectivity index (χ3v) is 5.51. The molecule has 4 nitrogen and oxygen atoms in total. The summed E-state index contributed by atoms with van der Waals surface area (Å²) in [7, 11) is -3.92. The molecule has 2 heterocycles. The van der Waals surface area contributed by atoms with Crippen LogP contribution in [-0.2, 0) is 22.1 Å². The van der Waals surface area contributed by atoms with Crippen molar-refractivity contribution in [2.45, 2.75) is 24.8 Å². The van der Waals surface area contributed by atoms with E-state index in [9.17, 15) is 0 Å². The second-order valence-corrected chi connectivity index (χ2v) is 8.85. The lowest BCUT2D eigenvalue weighted by molar-refractivity contribution is -0.922. The van der Waals surface area contributed by atoms with Crippen molar-refractivity contribution in [2.24, 2.45) is 0 Å². The molecule has 5 heteroatoms. The molecule has 2 bridgehead atoms. The van der Waals surface area contributed by atoms with Crippen molar-refractivity contribution in [3.8, 4) is 0 Å². The van der Waals surface area contributed by atoms with Crippen LogP contribution < -0.4 is 0 Å². The van der Waals surface area contributed by atoms with Crippen LogP contribution in [0.1, 0.15) is 24.0 Å². The molecular formula is C20H25NO3S. The molecule has 134 valence electrons. The highest BCUT2D eigenvalue weighted by Crippen LogP contribution is 2.48. The lowest BCUT2D eigenvalue weighted by atomic mass is 9.78. The molecule has 0 unspecified atom stereocenters. The van der Waals surface area contributed by atoms with Gasteiger partial charge in [0.25, 0.3) is 0 Å². The van der Waals surface area contributed by atoms with Crippen molar-refractivity contribution in [1.82, 2.24) is 0 Å². The number of nitrogens with zero attached hydrogens (tertiary/aromatic N) is 1. The maximum absolute atomic E-state index is 9.08. The van der Waals surface area contributed by atoms with Crippen LogP contribution in [0.5, 0.6) is 0 Å². The summed E-state index contributed by atoms with van der Waals surface area (Å²) in [5, 5.41) is 0. The van der Waals surface area contributed by atoms with Gasteiger partial charge in [0.15, 0.2) is 0 Å². The fourth-order valence-corrected chi connectivity index (χ4v) is 4.45. The Morgan fingerprint density at radius 3 is 1.96 bits per heavy atom. The van der Waals surface area contributed by atoms with Crippen LogP contribution in [0.25, 0.3) is 0 Å². The van der Waals surface area contributed by atoms with Gasteiger partial charge >= 0.3 is 0 Å². The topological polar surface area (TPSA) is 57.2 Å². The third-order valence-electron chi connectivity index (χ3n) is 5.51. The largest absolute Gasteiger partial charge is 0.748 e. The van der Waals surface area contributed by atoms with Gasteiger partial charge in [-0.05, 0) is 5.56 Å². The summed E-state index contributed by atoms with van der Waals surface area (Å²) in [6.45, 7) is 5.26. The Bertz CT molecular complexity index is 787. The van der Waals surface area contributed by atoms with Crippen LogP contribution in [0.4, 0.5) is 0 Å². The van der Waals surface area contributed by atoms with Gasteiger partial charge in [-0.2, -0.15) is 0 Å². The quantitative estimate of drug-likeness (QED) is 0.625. The first-order chi connectivity index (χ1) is 11.8. The summed E-state index contributed by atoms with van der Waals surface area (Å²) in [6.07, 6.45) is 3.33. The molecule has 2 aliphatic rings. The Hall–Kier alpha value is -1.69. The van der Waals surface area contributed by atoms with Crippen LogP contribution in [0, 0.1) is 0 Å². The normalized spacial score (nSPS) is 27.6. The first-order valence-electron chi connectivity index (χ1n) is 8.66. The lowest BCUT2D eigenvalue weighted by Gasteiger charge is -2.31. The minimum absolute atomic E-state index is 0.468. The van der Waals surface area contributed by atoms with Gasteiger partial charge in [-0.25, -0.2) is 8.42 Å². The predicted molar refractivity (Wildman–Crippen MR) is 98.0 cm³/mol. The van der Waals surface area contributed by atoms with E-state index in [1.807, 2.05) is 0 Å². The Balaban J connectivity index is 0.000000324. The standard InChI is InChI=1S/C19H22N.CH4O3S/c1-3-7-17(8-4-1)15-20-13-11-19(16-20,12-14-20)18-9-5-2-6-10-18;1-5(2,3)4/h1-10H,11-16H2;1H3,(H,2,3,4)/q+1;/p-1. The summed E-state index contributed by atoms with van der Waals surface area (Å²) >= 11 is 0. The van der Waals surface area contributed by atoms with Crippen molar-refractivity contribution in [3.05, 3.63) is 71.8 Å². The number of rotatable bonds is 3. The summed E-state index contributed by atoms with van der Waals surface area (Å²) in [4.78, 5) is 0. The van der Waals surface area contributed by atoms with Crippen molar-refractivity contribution in [1.29, 1.82) is 0 Å². The van der Waals surface area contributed by atoms with Gasteiger partial charge in [0, 0.05) is 24.7 Å². The Morgan fingerprint density at radius 1 is 0.960 bits per heavy atom. The average Bonchev–Trinajstić information content (AvgIpc) is 3.12. The number of fused-ring (bicyclic) bond motifs is 2. The molecule has 4 rings (SSSR count). The number of quaternary nitrogens is 1. The minimum Gasteiger partial charge on any atom is -0.748 e. The van der Waals surface area contributed by atoms with Gasteiger partial charge in [-0.3, -0.25) is 0 Å². The molecule has 2 aromatic rings. The molecule has 2 aliphatic heterocycles. The number of hydrogen-bond donors (Lipinski definition) is 0. The highest BCUT2D eigenvalue weighted by Gasteiger charge is 2.55. The van der Waals surface area contributed by atoms with Crippen molar-refractivity contribution in [2.75, 3.05) is 25.9 Å². The summed E-state index contributed by atoms with van der Waals surface area (Å²) in [6, 6.07) is 22.2. The molecule has 0 radical (unpaired) electrons. The average molecular weight is 359 g/mol. The number of benzene rings is 2. The minimum atomic E-state index is -3.92. The Labute approximate surface area is 150 Å². The van der Waals surface area contributed by atoms with Gasteiger partial charge < -0.3 is 9.04 Å². The molecule has 2 aromatic carbocycles. The van der Waals surface area contributed by atoms with Crippen LogP contribution >= 0.6 is 0 Å². The van der Waals surface area contributed by atoms with E-state index in [0.29, 0.717) is 11.7 Å². The summed E-state index contributed by atoms with van der Waals surface area (Å²) < 4.78 is 28.5. The van der Waals surface area contributed by atoms with Gasteiger partial charge in [-0.1, -0.05) is 60.7 Å². The molecular weight excluding hydrogens is 334 g/mol. The molecule has 0 N–H and O–H groups in total. The molecule has 0 atom stereocenters.